The van der Waals surface area contributed by atoms with Gasteiger partial charge >= 0.3 is 5.51 Å². The summed E-state index contributed by atoms with van der Waals surface area (Å²) in [6.07, 6.45) is 0.567. The summed E-state index contributed by atoms with van der Waals surface area (Å²) in [5.41, 5.74) is -4.29. The van der Waals surface area contributed by atoms with Crippen molar-refractivity contribution in [2.75, 3.05) is 0 Å². The van der Waals surface area contributed by atoms with Crippen LogP contribution in [0.5, 0.6) is 0 Å². The Kier molecular flexibility index (Phi) is 3.52. The minimum absolute atomic E-state index is 0.0600. The lowest BCUT2D eigenvalue weighted by molar-refractivity contribution is -0.0328. The molecule has 0 saturated carbocycles. The molecular weight excluding hydrogens is 227 g/mol. The van der Waals surface area contributed by atoms with E-state index in [0.29, 0.717) is 6.21 Å². The van der Waals surface area contributed by atoms with Crippen molar-refractivity contribution in [1.82, 2.24) is 0 Å². The molecule has 1 aromatic rings. The van der Waals surface area contributed by atoms with Gasteiger partial charge in [-0.25, -0.2) is 0 Å². The highest BCUT2D eigenvalue weighted by Crippen LogP contribution is 2.36. The third-order valence-electron chi connectivity index (χ3n) is 1.48. The number of hydrogen-bond acceptors (Lipinski definition) is 3. The molecule has 15 heavy (non-hydrogen) atoms. The number of Topliss-reactive ketones (excluding diaryl/α,β-unsaturated/α-hetero) is 1. The first-order valence-electron chi connectivity index (χ1n) is 3.83. The lowest BCUT2D eigenvalue weighted by atomic mass is 10.1. The Bertz CT molecular complexity index is 389. The van der Waals surface area contributed by atoms with E-state index in [1.165, 1.54) is 18.2 Å². The first-order valence-corrected chi connectivity index (χ1v) is 4.64. The molecule has 0 heterocycles. The van der Waals surface area contributed by atoms with Gasteiger partial charge in [-0.3, -0.25) is 4.79 Å². The predicted molar refractivity (Wildman–Crippen MR) is 51.5 cm³/mol. The Morgan fingerprint density at radius 2 is 2.07 bits per heavy atom. The lowest BCUT2D eigenvalue weighted by Gasteiger charge is -2.05. The van der Waals surface area contributed by atoms with Crippen LogP contribution in [0.2, 0.25) is 0 Å². The molecule has 0 saturated heterocycles. The fraction of sp³-hybridized carbons (Fsp3) is 0.111. The molecule has 1 rings (SSSR count). The van der Waals surface area contributed by atoms with Gasteiger partial charge in [0, 0.05) is 10.5 Å². The fourth-order valence-electron chi connectivity index (χ4n) is 0.930. The SMILES string of the molecule is N=CC(=O)c1cccc(SC(F)(F)F)c1. The van der Waals surface area contributed by atoms with E-state index < -0.39 is 11.3 Å². The molecule has 2 nitrogen and oxygen atoms in total. The Hall–Kier alpha value is -1.30. The predicted octanol–water partition coefficient (Wildman–Crippen LogP) is 3.13. The molecule has 0 aliphatic heterocycles. The molecule has 0 amide bonds. The molecule has 0 aromatic heterocycles. The minimum Gasteiger partial charge on any atom is -0.305 e. The highest BCUT2D eigenvalue weighted by atomic mass is 32.2. The normalized spacial score (nSPS) is 11.1. The zero-order valence-electron chi connectivity index (χ0n) is 7.34. The van der Waals surface area contributed by atoms with Gasteiger partial charge in [-0.2, -0.15) is 13.2 Å². The molecule has 6 heteroatoms. The summed E-state index contributed by atoms with van der Waals surface area (Å²) < 4.78 is 36.0. The van der Waals surface area contributed by atoms with E-state index in [1.54, 1.807) is 0 Å². The summed E-state index contributed by atoms with van der Waals surface area (Å²) in [5, 5.41) is 6.69. The van der Waals surface area contributed by atoms with E-state index in [0.717, 1.165) is 6.07 Å². The highest BCUT2D eigenvalue weighted by molar-refractivity contribution is 8.00. The van der Waals surface area contributed by atoms with Crippen molar-refractivity contribution in [3.63, 3.8) is 0 Å². The van der Waals surface area contributed by atoms with Crippen LogP contribution in [0.25, 0.3) is 0 Å². The zero-order valence-corrected chi connectivity index (χ0v) is 8.15. The summed E-state index contributed by atoms with van der Waals surface area (Å²) in [6, 6.07) is 5.10. The van der Waals surface area contributed by atoms with Crippen LogP contribution in [0.4, 0.5) is 13.2 Å². The molecule has 80 valence electrons. The fourth-order valence-corrected chi connectivity index (χ4v) is 1.53. The number of ketones is 1. The first kappa shape index (κ1) is 11.8. The van der Waals surface area contributed by atoms with E-state index >= 15 is 0 Å². The molecular formula is C9H6F3NOS. The number of carbonyl (C=O) groups excluding carboxylic acids is 1. The van der Waals surface area contributed by atoms with Gasteiger partial charge in [0.2, 0.25) is 5.78 Å². The second-order valence-electron chi connectivity index (χ2n) is 2.58. The van der Waals surface area contributed by atoms with Crippen LogP contribution in [0.3, 0.4) is 0 Å². The molecule has 1 aromatic carbocycles. The number of thioether (sulfide) groups is 1. The van der Waals surface area contributed by atoms with Crippen LogP contribution in [0.1, 0.15) is 10.4 Å². The smallest absolute Gasteiger partial charge is 0.305 e. The summed E-state index contributed by atoms with van der Waals surface area (Å²) in [6.45, 7) is 0. The second kappa shape index (κ2) is 4.48. The quantitative estimate of drug-likeness (QED) is 0.495. The van der Waals surface area contributed by atoms with E-state index in [9.17, 15) is 18.0 Å². The Morgan fingerprint density at radius 1 is 1.40 bits per heavy atom. The summed E-state index contributed by atoms with van der Waals surface area (Å²) in [7, 11) is 0. The van der Waals surface area contributed by atoms with Crippen molar-refractivity contribution in [3.8, 4) is 0 Å². The van der Waals surface area contributed by atoms with Gasteiger partial charge in [-0.1, -0.05) is 12.1 Å². The van der Waals surface area contributed by atoms with Gasteiger partial charge in [0.25, 0.3) is 0 Å². The van der Waals surface area contributed by atoms with Crippen LogP contribution in [-0.4, -0.2) is 17.5 Å². The number of benzene rings is 1. The molecule has 0 aliphatic rings. The van der Waals surface area contributed by atoms with Gasteiger partial charge in [-0.15, -0.1) is 0 Å². The monoisotopic (exact) mass is 233 g/mol. The number of nitrogens with one attached hydrogen (secondary N) is 1. The van der Waals surface area contributed by atoms with E-state index in [-0.39, 0.29) is 22.2 Å². The van der Waals surface area contributed by atoms with Gasteiger partial charge < -0.3 is 5.41 Å². The Morgan fingerprint density at radius 3 is 2.60 bits per heavy atom. The van der Waals surface area contributed by atoms with Gasteiger partial charge in [-0.05, 0) is 23.9 Å². The van der Waals surface area contributed by atoms with Crippen molar-refractivity contribution in [1.29, 1.82) is 5.41 Å². The van der Waals surface area contributed by atoms with E-state index in [2.05, 4.69) is 0 Å². The molecule has 0 aliphatic carbocycles. The number of hydrogen-bond donors (Lipinski definition) is 1. The minimum atomic E-state index is -4.37. The highest BCUT2D eigenvalue weighted by Gasteiger charge is 2.29. The number of rotatable bonds is 3. The van der Waals surface area contributed by atoms with Crippen molar-refractivity contribution in [2.45, 2.75) is 10.4 Å². The third-order valence-corrected chi connectivity index (χ3v) is 2.20. The molecule has 0 atom stereocenters. The largest absolute Gasteiger partial charge is 0.446 e. The molecule has 0 bridgehead atoms. The van der Waals surface area contributed by atoms with Gasteiger partial charge in [0.05, 0.1) is 6.21 Å². The maximum atomic E-state index is 12.0. The molecule has 1 N–H and O–H groups in total. The topological polar surface area (TPSA) is 40.9 Å². The maximum absolute atomic E-state index is 12.0. The van der Waals surface area contributed by atoms with E-state index in [4.69, 9.17) is 5.41 Å². The maximum Gasteiger partial charge on any atom is 0.446 e. The average molecular weight is 233 g/mol. The number of alkyl halides is 3. The summed E-state index contributed by atoms with van der Waals surface area (Å²) in [4.78, 5) is 10.9. The van der Waals surface area contributed by atoms with E-state index in [1.807, 2.05) is 0 Å². The molecule has 0 radical (unpaired) electrons. The van der Waals surface area contributed by atoms with Crippen LogP contribution >= 0.6 is 11.8 Å². The van der Waals surface area contributed by atoms with Crippen LogP contribution in [0.15, 0.2) is 29.2 Å². The molecule has 0 spiro atoms. The number of halogens is 3. The van der Waals surface area contributed by atoms with Crippen LogP contribution in [0, 0.1) is 5.41 Å². The Balaban J connectivity index is 2.93. The average Bonchev–Trinajstić information content (AvgIpc) is 2.14. The van der Waals surface area contributed by atoms with Crippen molar-refractivity contribution in [2.24, 2.45) is 0 Å². The first-order chi connectivity index (χ1) is 6.92. The van der Waals surface area contributed by atoms with Crippen molar-refractivity contribution in [3.05, 3.63) is 29.8 Å². The Labute approximate surface area is 88.0 Å². The summed E-state index contributed by atoms with van der Waals surface area (Å²) >= 11 is -0.285. The molecule has 0 fully saturated rings. The zero-order chi connectivity index (χ0) is 11.5. The summed E-state index contributed by atoms with van der Waals surface area (Å²) in [5.74, 6) is -0.611. The third kappa shape index (κ3) is 3.75. The van der Waals surface area contributed by atoms with Crippen molar-refractivity contribution >= 4 is 23.8 Å². The van der Waals surface area contributed by atoms with Gasteiger partial charge in [0.15, 0.2) is 0 Å². The van der Waals surface area contributed by atoms with Crippen molar-refractivity contribution < 1.29 is 18.0 Å². The van der Waals surface area contributed by atoms with Crippen LogP contribution in [-0.2, 0) is 0 Å². The lowest BCUT2D eigenvalue weighted by Crippen LogP contribution is -2.02. The second-order valence-corrected chi connectivity index (χ2v) is 3.72. The molecule has 0 unspecified atom stereocenters. The number of carbonyl (C=O) groups is 1. The van der Waals surface area contributed by atoms with Crippen LogP contribution < -0.4 is 0 Å². The van der Waals surface area contributed by atoms with Gasteiger partial charge in [0.1, 0.15) is 0 Å². The standard InChI is InChI=1S/C9H6F3NOS/c10-9(11,12)15-7-3-1-2-6(4-7)8(14)5-13/h1-5,13H.